The van der Waals surface area contributed by atoms with E-state index in [0.29, 0.717) is 10.8 Å². The fraction of sp³-hybridized carbons (Fsp3) is 0.150. The van der Waals surface area contributed by atoms with Gasteiger partial charge in [-0.15, -0.1) is 0 Å². The number of amides is 3. The SMILES string of the molecule is Cc1ccc(-n2ccnc2SCC(=O)NC(=O)Nc2ccccc2)cc1C. The van der Waals surface area contributed by atoms with Gasteiger partial charge < -0.3 is 5.32 Å². The Labute approximate surface area is 162 Å². The zero-order valence-electron chi connectivity index (χ0n) is 15.1. The van der Waals surface area contributed by atoms with Crippen molar-refractivity contribution < 1.29 is 9.59 Å². The summed E-state index contributed by atoms with van der Waals surface area (Å²) in [5.74, 6) is -0.299. The van der Waals surface area contributed by atoms with Crippen LogP contribution in [-0.2, 0) is 4.79 Å². The number of benzene rings is 2. The molecule has 0 saturated carbocycles. The summed E-state index contributed by atoms with van der Waals surface area (Å²) in [6.07, 6.45) is 3.55. The summed E-state index contributed by atoms with van der Waals surface area (Å²) in [6, 6.07) is 14.6. The number of aromatic nitrogens is 2. The first-order valence-corrected chi connectivity index (χ1v) is 9.41. The van der Waals surface area contributed by atoms with Crippen LogP contribution in [0.5, 0.6) is 0 Å². The molecule has 0 unspecified atom stereocenters. The number of thioether (sulfide) groups is 1. The third-order valence-electron chi connectivity index (χ3n) is 3.99. The molecule has 0 atom stereocenters. The predicted octanol–water partition coefficient (Wildman–Crippen LogP) is 3.93. The second-order valence-corrected chi connectivity index (χ2v) is 6.95. The second-order valence-electron chi connectivity index (χ2n) is 6.01. The molecule has 3 amide bonds. The molecule has 2 N–H and O–H groups in total. The first kappa shape index (κ1) is 18.7. The van der Waals surface area contributed by atoms with Gasteiger partial charge >= 0.3 is 6.03 Å². The topological polar surface area (TPSA) is 76.0 Å². The minimum absolute atomic E-state index is 0.0874. The van der Waals surface area contributed by atoms with Gasteiger partial charge in [-0.1, -0.05) is 36.0 Å². The normalized spacial score (nSPS) is 10.4. The molecular weight excluding hydrogens is 360 g/mol. The minimum Gasteiger partial charge on any atom is -0.308 e. The molecule has 3 rings (SSSR count). The summed E-state index contributed by atoms with van der Waals surface area (Å²) in [6.45, 7) is 4.12. The molecule has 1 heterocycles. The Kier molecular flexibility index (Phi) is 5.93. The van der Waals surface area contributed by atoms with Crippen LogP contribution in [0.4, 0.5) is 10.5 Å². The predicted molar refractivity (Wildman–Crippen MR) is 107 cm³/mol. The van der Waals surface area contributed by atoms with E-state index in [0.717, 1.165) is 5.69 Å². The largest absolute Gasteiger partial charge is 0.325 e. The number of carbonyl (C=O) groups is 2. The summed E-state index contributed by atoms with van der Waals surface area (Å²) < 4.78 is 1.93. The number of carbonyl (C=O) groups excluding carboxylic acids is 2. The lowest BCUT2D eigenvalue weighted by Crippen LogP contribution is -2.35. The molecule has 0 fully saturated rings. The summed E-state index contributed by atoms with van der Waals surface area (Å²) in [5.41, 5.74) is 4.02. The number of urea groups is 1. The van der Waals surface area contributed by atoms with Gasteiger partial charge in [-0.05, 0) is 49.2 Å². The van der Waals surface area contributed by atoms with Crippen LogP contribution in [0, 0.1) is 13.8 Å². The van der Waals surface area contributed by atoms with Crippen LogP contribution in [0.1, 0.15) is 11.1 Å². The van der Waals surface area contributed by atoms with Gasteiger partial charge in [-0.2, -0.15) is 0 Å². The molecule has 0 radical (unpaired) electrons. The van der Waals surface area contributed by atoms with E-state index >= 15 is 0 Å². The fourth-order valence-electron chi connectivity index (χ4n) is 2.45. The number of nitrogens with one attached hydrogen (secondary N) is 2. The van der Waals surface area contributed by atoms with Crippen LogP contribution in [0.2, 0.25) is 0 Å². The number of nitrogens with zero attached hydrogens (tertiary/aromatic N) is 2. The molecule has 0 saturated heterocycles. The fourth-order valence-corrected chi connectivity index (χ4v) is 3.22. The zero-order chi connectivity index (χ0) is 19.2. The maximum atomic E-state index is 12.1. The van der Waals surface area contributed by atoms with E-state index in [1.54, 1.807) is 30.5 Å². The Bertz CT molecular complexity index is 954. The number of para-hydroxylation sites is 1. The molecule has 3 aromatic rings. The first-order valence-electron chi connectivity index (χ1n) is 8.42. The average Bonchev–Trinajstić information content (AvgIpc) is 3.11. The van der Waals surface area contributed by atoms with Gasteiger partial charge in [0.15, 0.2) is 5.16 Å². The highest BCUT2D eigenvalue weighted by Gasteiger charge is 2.12. The first-order chi connectivity index (χ1) is 13.0. The molecule has 1 aromatic heterocycles. The molecule has 7 heteroatoms. The van der Waals surface area contributed by atoms with Crippen LogP contribution in [0.25, 0.3) is 5.69 Å². The van der Waals surface area contributed by atoms with E-state index in [4.69, 9.17) is 0 Å². The van der Waals surface area contributed by atoms with Crippen LogP contribution in [0.15, 0.2) is 66.1 Å². The number of hydrogen-bond donors (Lipinski definition) is 2. The standard InChI is InChI=1S/C20H20N4O2S/c1-14-8-9-17(12-15(14)2)24-11-10-21-20(24)27-13-18(25)23-19(26)22-16-6-4-3-5-7-16/h3-12H,13H2,1-2H3,(H2,22,23,25,26). The van der Waals surface area contributed by atoms with Crippen molar-refractivity contribution in [3.05, 3.63) is 72.1 Å². The van der Waals surface area contributed by atoms with Crippen molar-refractivity contribution in [3.63, 3.8) is 0 Å². The lowest BCUT2D eigenvalue weighted by Gasteiger charge is -2.10. The summed E-state index contributed by atoms with van der Waals surface area (Å²) >= 11 is 1.27. The van der Waals surface area contributed by atoms with E-state index in [1.807, 2.05) is 22.9 Å². The smallest absolute Gasteiger partial charge is 0.308 e. The monoisotopic (exact) mass is 380 g/mol. The summed E-state index contributed by atoms with van der Waals surface area (Å²) in [5, 5.41) is 5.63. The average molecular weight is 380 g/mol. The van der Waals surface area contributed by atoms with Crippen LogP contribution in [-0.4, -0.2) is 27.2 Å². The Balaban J connectivity index is 1.57. The summed E-state index contributed by atoms with van der Waals surface area (Å²) in [7, 11) is 0. The van der Waals surface area contributed by atoms with Gasteiger partial charge in [0.05, 0.1) is 5.75 Å². The number of hydrogen-bond acceptors (Lipinski definition) is 4. The van der Waals surface area contributed by atoms with E-state index in [9.17, 15) is 9.59 Å². The lowest BCUT2D eigenvalue weighted by atomic mass is 10.1. The van der Waals surface area contributed by atoms with Gasteiger partial charge in [0, 0.05) is 23.8 Å². The Morgan fingerprint density at radius 1 is 1.07 bits per heavy atom. The highest BCUT2D eigenvalue weighted by atomic mass is 32.2. The van der Waals surface area contributed by atoms with Crippen LogP contribution < -0.4 is 10.6 Å². The van der Waals surface area contributed by atoms with Crippen molar-refractivity contribution in [2.75, 3.05) is 11.1 Å². The molecular formula is C20H20N4O2S. The van der Waals surface area contributed by atoms with Crippen molar-refractivity contribution in [2.45, 2.75) is 19.0 Å². The van der Waals surface area contributed by atoms with E-state index in [1.165, 1.54) is 22.9 Å². The number of rotatable bonds is 5. The Morgan fingerprint density at radius 2 is 1.85 bits per heavy atom. The molecule has 0 aliphatic rings. The number of imide groups is 1. The highest BCUT2D eigenvalue weighted by Crippen LogP contribution is 2.22. The quantitative estimate of drug-likeness (QED) is 0.658. The molecule has 138 valence electrons. The number of imidazole rings is 1. The molecule has 6 nitrogen and oxygen atoms in total. The van der Waals surface area contributed by atoms with Gasteiger partial charge in [-0.25, -0.2) is 9.78 Å². The second kappa shape index (κ2) is 8.55. The maximum Gasteiger partial charge on any atom is 0.325 e. The summed E-state index contributed by atoms with van der Waals surface area (Å²) in [4.78, 5) is 28.2. The zero-order valence-corrected chi connectivity index (χ0v) is 15.9. The third-order valence-corrected chi connectivity index (χ3v) is 4.96. The van der Waals surface area contributed by atoms with Crippen molar-refractivity contribution in [3.8, 4) is 5.69 Å². The molecule has 0 aliphatic heterocycles. The lowest BCUT2D eigenvalue weighted by molar-refractivity contribution is -0.117. The van der Waals surface area contributed by atoms with Crippen molar-refractivity contribution in [1.82, 2.24) is 14.9 Å². The van der Waals surface area contributed by atoms with Crippen LogP contribution >= 0.6 is 11.8 Å². The van der Waals surface area contributed by atoms with Gasteiger partial charge in [0.25, 0.3) is 0 Å². The molecule has 2 aromatic carbocycles. The van der Waals surface area contributed by atoms with Crippen molar-refractivity contribution in [2.24, 2.45) is 0 Å². The third kappa shape index (κ3) is 4.98. The minimum atomic E-state index is -0.552. The molecule has 0 aliphatic carbocycles. The molecule has 0 spiro atoms. The van der Waals surface area contributed by atoms with Gasteiger partial charge in [0.2, 0.25) is 5.91 Å². The molecule has 0 bridgehead atoms. The number of anilines is 1. The molecule has 27 heavy (non-hydrogen) atoms. The Morgan fingerprint density at radius 3 is 2.59 bits per heavy atom. The van der Waals surface area contributed by atoms with E-state index in [-0.39, 0.29) is 11.7 Å². The van der Waals surface area contributed by atoms with Gasteiger partial charge in [-0.3, -0.25) is 14.7 Å². The Hall–Kier alpha value is -3.06. The van der Waals surface area contributed by atoms with Crippen molar-refractivity contribution in [1.29, 1.82) is 0 Å². The van der Waals surface area contributed by atoms with E-state index < -0.39 is 6.03 Å². The highest BCUT2D eigenvalue weighted by molar-refractivity contribution is 7.99. The van der Waals surface area contributed by atoms with Crippen molar-refractivity contribution >= 4 is 29.4 Å². The number of aryl methyl sites for hydroxylation is 2. The maximum absolute atomic E-state index is 12.1. The van der Waals surface area contributed by atoms with E-state index in [2.05, 4.69) is 41.6 Å². The van der Waals surface area contributed by atoms with Gasteiger partial charge in [0.1, 0.15) is 0 Å². The van der Waals surface area contributed by atoms with Crippen LogP contribution in [0.3, 0.4) is 0 Å².